The first-order valence-electron chi connectivity index (χ1n) is 8.04. The number of halogens is 2. The minimum Gasteiger partial charge on any atom is -0.444 e. The molecule has 0 N–H and O–H groups in total. The standard InChI is InChI=1S/C19H13BrClN3O2S/c1-11-4-5-13(21)17-16(11)23-19(27-17)24(10-12-3-2-8-22-9-12)18(25)14-6-7-15(20)26-14/h2-9H,10H2,1H3. The Morgan fingerprint density at radius 2 is 2.15 bits per heavy atom. The molecule has 0 spiro atoms. The molecule has 0 fully saturated rings. The highest BCUT2D eigenvalue weighted by molar-refractivity contribution is 9.10. The van der Waals surface area contributed by atoms with Gasteiger partial charge in [0.25, 0.3) is 5.91 Å². The Morgan fingerprint density at radius 3 is 2.81 bits per heavy atom. The number of hydrogen-bond acceptors (Lipinski definition) is 5. The molecule has 0 radical (unpaired) electrons. The second kappa shape index (κ2) is 7.42. The van der Waals surface area contributed by atoms with E-state index in [0.717, 1.165) is 21.3 Å². The van der Waals surface area contributed by atoms with E-state index in [1.807, 2.05) is 31.2 Å². The highest BCUT2D eigenvalue weighted by Gasteiger charge is 2.25. The zero-order valence-electron chi connectivity index (χ0n) is 14.1. The molecule has 27 heavy (non-hydrogen) atoms. The van der Waals surface area contributed by atoms with Crippen molar-refractivity contribution >= 4 is 60.1 Å². The number of furan rings is 1. The van der Waals surface area contributed by atoms with E-state index in [1.165, 1.54) is 11.3 Å². The smallest absolute Gasteiger partial charge is 0.296 e. The van der Waals surface area contributed by atoms with Crippen LogP contribution in [-0.4, -0.2) is 15.9 Å². The molecule has 8 heteroatoms. The topological polar surface area (TPSA) is 59.2 Å². The van der Waals surface area contributed by atoms with Crippen molar-refractivity contribution in [2.24, 2.45) is 0 Å². The van der Waals surface area contributed by atoms with Crippen LogP contribution in [0.25, 0.3) is 10.2 Å². The van der Waals surface area contributed by atoms with E-state index in [-0.39, 0.29) is 11.7 Å². The Morgan fingerprint density at radius 1 is 1.30 bits per heavy atom. The molecular formula is C19H13BrClN3O2S. The Bertz CT molecular complexity index is 1090. The number of amides is 1. The molecule has 0 saturated carbocycles. The van der Waals surface area contributed by atoms with E-state index in [4.69, 9.17) is 16.0 Å². The van der Waals surface area contributed by atoms with Crippen molar-refractivity contribution in [3.63, 3.8) is 0 Å². The number of hydrogen-bond donors (Lipinski definition) is 0. The number of nitrogens with zero attached hydrogens (tertiary/aromatic N) is 3. The Labute approximate surface area is 172 Å². The van der Waals surface area contributed by atoms with E-state index in [1.54, 1.807) is 29.4 Å². The van der Waals surface area contributed by atoms with Gasteiger partial charge in [0.15, 0.2) is 15.6 Å². The largest absolute Gasteiger partial charge is 0.444 e. The SMILES string of the molecule is Cc1ccc(Cl)c2sc(N(Cc3cccnc3)C(=O)c3ccc(Br)o3)nc12. The third-order valence-corrected chi connectivity index (χ3v) is 5.97. The molecule has 0 saturated heterocycles. The van der Waals surface area contributed by atoms with Crippen molar-refractivity contribution in [2.45, 2.75) is 13.5 Å². The molecule has 0 unspecified atom stereocenters. The number of pyridine rings is 1. The summed E-state index contributed by atoms with van der Waals surface area (Å²) in [6, 6.07) is 10.8. The summed E-state index contributed by atoms with van der Waals surface area (Å²) < 4.78 is 6.82. The second-order valence-corrected chi connectivity index (χ2v) is 8.06. The molecule has 1 aromatic carbocycles. The highest BCUT2D eigenvalue weighted by atomic mass is 79.9. The van der Waals surface area contributed by atoms with Gasteiger partial charge in [-0.2, -0.15) is 0 Å². The Hall–Kier alpha value is -2.22. The van der Waals surface area contributed by atoms with Gasteiger partial charge in [-0.15, -0.1) is 0 Å². The van der Waals surface area contributed by atoms with Gasteiger partial charge in [-0.3, -0.25) is 14.7 Å². The number of thiazole rings is 1. The Balaban J connectivity index is 1.81. The molecule has 5 nitrogen and oxygen atoms in total. The lowest BCUT2D eigenvalue weighted by molar-refractivity contribution is 0.0957. The van der Waals surface area contributed by atoms with Gasteiger partial charge in [0.05, 0.1) is 21.8 Å². The fraction of sp³-hybridized carbons (Fsp3) is 0.105. The van der Waals surface area contributed by atoms with Crippen LogP contribution in [0.2, 0.25) is 5.02 Å². The number of fused-ring (bicyclic) bond motifs is 1. The summed E-state index contributed by atoms with van der Waals surface area (Å²) in [5.74, 6) is -0.0507. The molecule has 0 bridgehead atoms. The zero-order chi connectivity index (χ0) is 19.0. The molecule has 0 atom stereocenters. The first-order chi connectivity index (χ1) is 13.0. The van der Waals surface area contributed by atoms with Gasteiger partial charge in [0.1, 0.15) is 0 Å². The zero-order valence-corrected chi connectivity index (χ0v) is 17.3. The number of anilines is 1. The van der Waals surface area contributed by atoms with Crippen molar-refractivity contribution in [3.05, 3.63) is 75.4 Å². The maximum Gasteiger partial charge on any atom is 0.296 e. The number of benzene rings is 1. The predicted molar refractivity (Wildman–Crippen MR) is 111 cm³/mol. The van der Waals surface area contributed by atoms with Crippen LogP contribution in [-0.2, 0) is 6.54 Å². The van der Waals surface area contributed by atoms with Crippen LogP contribution in [0.3, 0.4) is 0 Å². The van der Waals surface area contributed by atoms with Gasteiger partial charge in [-0.25, -0.2) is 4.98 Å². The lowest BCUT2D eigenvalue weighted by Crippen LogP contribution is -2.30. The van der Waals surface area contributed by atoms with E-state index in [9.17, 15) is 4.79 Å². The van der Waals surface area contributed by atoms with Crippen molar-refractivity contribution < 1.29 is 9.21 Å². The molecule has 3 aromatic heterocycles. The van der Waals surface area contributed by atoms with Gasteiger partial charge in [0, 0.05) is 12.4 Å². The maximum atomic E-state index is 13.1. The van der Waals surface area contributed by atoms with Gasteiger partial charge < -0.3 is 4.42 Å². The average molecular weight is 463 g/mol. The molecule has 0 aliphatic carbocycles. The van der Waals surface area contributed by atoms with Crippen LogP contribution >= 0.6 is 38.9 Å². The van der Waals surface area contributed by atoms with Crippen LogP contribution in [0.5, 0.6) is 0 Å². The van der Waals surface area contributed by atoms with Crippen LogP contribution in [0.15, 0.2) is 57.9 Å². The molecule has 4 rings (SSSR count). The van der Waals surface area contributed by atoms with Crippen LogP contribution in [0.4, 0.5) is 5.13 Å². The summed E-state index contributed by atoms with van der Waals surface area (Å²) in [4.78, 5) is 23.5. The van der Waals surface area contributed by atoms with E-state index >= 15 is 0 Å². The highest BCUT2D eigenvalue weighted by Crippen LogP contribution is 2.36. The lowest BCUT2D eigenvalue weighted by atomic mass is 10.2. The number of aromatic nitrogens is 2. The third kappa shape index (κ3) is 3.63. The van der Waals surface area contributed by atoms with Crippen molar-refractivity contribution in [1.82, 2.24) is 9.97 Å². The fourth-order valence-electron chi connectivity index (χ4n) is 2.67. The molecule has 0 aliphatic heterocycles. The van der Waals surface area contributed by atoms with E-state index < -0.39 is 0 Å². The van der Waals surface area contributed by atoms with Crippen LogP contribution < -0.4 is 4.90 Å². The summed E-state index contributed by atoms with van der Waals surface area (Å²) in [7, 11) is 0. The number of carbonyl (C=O) groups is 1. The van der Waals surface area contributed by atoms with Crippen molar-refractivity contribution in [1.29, 1.82) is 0 Å². The van der Waals surface area contributed by atoms with Gasteiger partial charge in [-0.1, -0.05) is 35.1 Å². The summed E-state index contributed by atoms with van der Waals surface area (Å²) in [6.45, 7) is 2.29. The van der Waals surface area contributed by atoms with Crippen molar-refractivity contribution in [3.8, 4) is 0 Å². The molecule has 3 heterocycles. The van der Waals surface area contributed by atoms with E-state index in [2.05, 4.69) is 25.9 Å². The molecule has 1 amide bonds. The van der Waals surface area contributed by atoms with E-state index in [0.29, 0.717) is 21.4 Å². The summed E-state index contributed by atoms with van der Waals surface area (Å²) in [6.07, 6.45) is 3.42. The minimum absolute atomic E-state index is 0.229. The average Bonchev–Trinajstić information content (AvgIpc) is 3.30. The van der Waals surface area contributed by atoms with Gasteiger partial charge >= 0.3 is 0 Å². The summed E-state index contributed by atoms with van der Waals surface area (Å²) in [5, 5.41) is 1.18. The van der Waals surface area contributed by atoms with Gasteiger partial charge in [-0.05, 0) is 58.2 Å². The first-order valence-corrected chi connectivity index (χ1v) is 10.0. The molecule has 136 valence electrons. The first kappa shape index (κ1) is 18.2. The minimum atomic E-state index is -0.280. The number of carbonyl (C=O) groups excluding carboxylic acids is 1. The molecule has 4 aromatic rings. The summed E-state index contributed by atoms with van der Waals surface area (Å²) >= 11 is 11.0. The van der Waals surface area contributed by atoms with Crippen LogP contribution in [0.1, 0.15) is 21.7 Å². The fourth-order valence-corrected chi connectivity index (χ4v) is 4.29. The lowest BCUT2D eigenvalue weighted by Gasteiger charge is -2.18. The summed E-state index contributed by atoms with van der Waals surface area (Å²) in [5.41, 5.74) is 2.69. The number of rotatable bonds is 4. The molecular weight excluding hydrogens is 450 g/mol. The predicted octanol–water partition coefficient (Wildman–Crippen LogP) is 5.86. The van der Waals surface area contributed by atoms with Crippen LogP contribution in [0, 0.1) is 6.92 Å². The number of aryl methyl sites for hydroxylation is 1. The third-order valence-electron chi connectivity index (χ3n) is 4.01. The second-order valence-electron chi connectivity index (χ2n) is 5.89. The normalized spacial score (nSPS) is 11.1. The molecule has 0 aliphatic rings. The van der Waals surface area contributed by atoms with Gasteiger partial charge in [0.2, 0.25) is 0 Å². The van der Waals surface area contributed by atoms with Crippen molar-refractivity contribution in [2.75, 3.05) is 4.90 Å². The monoisotopic (exact) mass is 461 g/mol. The maximum absolute atomic E-state index is 13.1. The Kier molecular flexibility index (Phi) is 4.99. The quantitative estimate of drug-likeness (QED) is 0.381.